The van der Waals surface area contributed by atoms with Crippen molar-refractivity contribution in [2.45, 2.75) is 24.8 Å². The number of anilines is 1. The third-order valence-corrected chi connectivity index (χ3v) is 5.74. The van der Waals surface area contributed by atoms with E-state index in [1.165, 1.54) is 0 Å². The number of nitrogens with zero attached hydrogens (tertiary/aromatic N) is 4. The lowest BCUT2D eigenvalue weighted by atomic mass is 9.73. The van der Waals surface area contributed by atoms with E-state index in [2.05, 4.69) is 9.97 Å². The van der Waals surface area contributed by atoms with Crippen LogP contribution in [0.2, 0.25) is 0 Å². The molecule has 1 aliphatic rings. The minimum absolute atomic E-state index is 0.0474. The Hall–Kier alpha value is -3.54. The molecule has 0 N–H and O–H groups in total. The van der Waals surface area contributed by atoms with Crippen molar-refractivity contribution in [2.75, 3.05) is 19.0 Å². The minimum Gasteiger partial charge on any atom is -0.340 e. The molecule has 0 aliphatic carbocycles. The number of rotatable bonds is 6. The molecule has 4 rings (SSSR count). The molecule has 6 nitrogen and oxygen atoms in total. The summed E-state index contributed by atoms with van der Waals surface area (Å²) < 4.78 is 0. The predicted molar refractivity (Wildman–Crippen MR) is 115 cm³/mol. The van der Waals surface area contributed by atoms with Crippen LogP contribution in [0.15, 0.2) is 73.2 Å². The maximum Gasteiger partial charge on any atom is 0.238 e. The standard InChI is InChI=1S/C24H24N4O2/c1-27(17-19-16-25-12-13-26-19)22(29)15-24(14-18-8-4-3-5-9-18)20-10-6-7-11-21(20)28(2)23(24)30/h3-13,16H,14-15,17H2,1-2H3/t24-/m0/s1. The van der Waals surface area contributed by atoms with Crippen molar-refractivity contribution >= 4 is 17.5 Å². The van der Waals surface area contributed by atoms with Gasteiger partial charge in [0.05, 0.1) is 23.9 Å². The van der Waals surface area contributed by atoms with E-state index in [-0.39, 0.29) is 18.2 Å². The van der Waals surface area contributed by atoms with Crippen LogP contribution in [-0.2, 0) is 28.0 Å². The molecule has 1 aromatic heterocycles. The zero-order valence-corrected chi connectivity index (χ0v) is 17.2. The number of likely N-dealkylation sites (N-methyl/N-ethyl adjacent to an activating group) is 1. The molecule has 0 saturated heterocycles. The average molecular weight is 400 g/mol. The molecule has 3 aromatic rings. The molecule has 1 atom stereocenters. The average Bonchev–Trinajstić information content (AvgIpc) is 2.97. The number of benzene rings is 2. The van der Waals surface area contributed by atoms with Crippen LogP contribution in [0.3, 0.4) is 0 Å². The first-order valence-corrected chi connectivity index (χ1v) is 9.92. The Balaban J connectivity index is 1.68. The molecule has 152 valence electrons. The first kappa shape index (κ1) is 19.8. The molecule has 30 heavy (non-hydrogen) atoms. The summed E-state index contributed by atoms with van der Waals surface area (Å²) in [5, 5.41) is 0. The Morgan fingerprint density at radius 3 is 2.53 bits per heavy atom. The van der Waals surface area contributed by atoms with Gasteiger partial charge in [-0.1, -0.05) is 48.5 Å². The van der Waals surface area contributed by atoms with Gasteiger partial charge >= 0.3 is 0 Å². The highest BCUT2D eigenvalue weighted by Gasteiger charge is 2.51. The van der Waals surface area contributed by atoms with E-state index in [0.717, 1.165) is 16.8 Å². The van der Waals surface area contributed by atoms with Crippen molar-refractivity contribution in [3.63, 3.8) is 0 Å². The van der Waals surface area contributed by atoms with E-state index >= 15 is 0 Å². The van der Waals surface area contributed by atoms with Crippen LogP contribution in [0.1, 0.15) is 23.2 Å². The molecular formula is C24H24N4O2. The zero-order chi connectivity index (χ0) is 21.1. The number of carbonyl (C=O) groups is 2. The van der Waals surface area contributed by atoms with Crippen LogP contribution in [0, 0.1) is 0 Å². The third-order valence-electron chi connectivity index (χ3n) is 5.74. The summed E-state index contributed by atoms with van der Waals surface area (Å²) in [5.41, 5.74) is 2.58. The summed E-state index contributed by atoms with van der Waals surface area (Å²) in [6.45, 7) is 0.347. The first-order valence-electron chi connectivity index (χ1n) is 9.92. The molecule has 0 spiro atoms. The van der Waals surface area contributed by atoms with Gasteiger partial charge in [-0.2, -0.15) is 0 Å². The number of carbonyl (C=O) groups excluding carboxylic acids is 2. The zero-order valence-electron chi connectivity index (χ0n) is 17.2. The summed E-state index contributed by atoms with van der Waals surface area (Å²) in [7, 11) is 3.52. The van der Waals surface area contributed by atoms with Crippen molar-refractivity contribution in [1.29, 1.82) is 0 Å². The number of hydrogen-bond acceptors (Lipinski definition) is 4. The Morgan fingerprint density at radius 1 is 1.07 bits per heavy atom. The second-order valence-corrected chi connectivity index (χ2v) is 7.75. The molecule has 0 fully saturated rings. The molecule has 2 amide bonds. The van der Waals surface area contributed by atoms with Crippen LogP contribution < -0.4 is 4.90 Å². The van der Waals surface area contributed by atoms with Gasteiger partial charge in [-0.15, -0.1) is 0 Å². The van der Waals surface area contributed by atoms with Gasteiger partial charge in [0.25, 0.3) is 0 Å². The Kier molecular flexibility index (Phi) is 5.31. The lowest BCUT2D eigenvalue weighted by Gasteiger charge is -2.30. The van der Waals surface area contributed by atoms with Crippen molar-refractivity contribution in [3.05, 3.63) is 90.0 Å². The SMILES string of the molecule is CN(Cc1cnccn1)C(=O)C[C@]1(Cc2ccccc2)C(=O)N(C)c2ccccc21. The normalized spacial score (nSPS) is 17.7. The smallest absolute Gasteiger partial charge is 0.238 e. The maximum atomic E-state index is 13.5. The quantitative estimate of drug-likeness (QED) is 0.638. The van der Waals surface area contributed by atoms with E-state index in [9.17, 15) is 9.59 Å². The Labute approximate surface area is 176 Å². The highest BCUT2D eigenvalue weighted by atomic mass is 16.2. The number of aromatic nitrogens is 2. The number of fused-ring (bicyclic) bond motifs is 1. The molecule has 2 aromatic carbocycles. The number of para-hydroxylation sites is 1. The molecule has 0 saturated carbocycles. The number of amides is 2. The summed E-state index contributed by atoms with van der Waals surface area (Å²) in [5.74, 6) is -0.149. The van der Waals surface area contributed by atoms with Gasteiger partial charge in [0.2, 0.25) is 11.8 Å². The molecule has 0 radical (unpaired) electrons. The third kappa shape index (κ3) is 3.56. The van der Waals surface area contributed by atoms with E-state index in [1.54, 1.807) is 42.5 Å². The topological polar surface area (TPSA) is 66.4 Å². The first-order chi connectivity index (χ1) is 14.5. The summed E-state index contributed by atoms with van der Waals surface area (Å²) in [6, 6.07) is 17.6. The summed E-state index contributed by atoms with van der Waals surface area (Å²) in [4.78, 5) is 38.4. The van der Waals surface area contributed by atoms with Crippen LogP contribution in [0.5, 0.6) is 0 Å². The molecular weight excluding hydrogens is 376 g/mol. The van der Waals surface area contributed by atoms with Crippen LogP contribution in [0.4, 0.5) is 5.69 Å². The molecule has 0 unspecified atom stereocenters. The minimum atomic E-state index is -0.930. The fourth-order valence-electron chi connectivity index (χ4n) is 4.20. The van der Waals surface area contributed by atoms with E-state index in [4.69, 9.17) is 0 Å². The van der Waals surface area contributed by atoms with Gasteiger partial charge in [0, 0.05) is 38.6 Å². The second-order valence-electron chi connectivity index (χ2n) is 7.75. The maximum absolute atomic E-state index is 13.5. The predicted octanol–water partition coefficient (Wildman–Crippen LogP) is 2.98. The molecule has 6 heteroatoms. The van der Waals surface area contributed by atoms with Crippen molar-refractivity contribution in [1.82, 2.24) is 14.9 Å². The van der Waals surface area contributed by atoms with Crippen molar-refractivity contribution in [3.8, 4) is 0 Å². The largest absolute Gasteiger partial charge is 0.340 e. The van der Waals surface area contributed by atoms with Gasteiger partial charge in [-0.25, -0.2) is 0 Å². The molecule has 0 bridgehead atoms. The monoisotopic (exact) mass is 400 g/mol. The molecule has 2 heterocycles. The van der Waals surface area contributed by atoms with Gasteiger partial charge in [0.1, 0.15) is 0 Å². The number of hydrogen-bond donors (Lipinski definition) is 0. The van der Waals surface area contributed by atoms with Crippen LogP contribution in [-0.4, -0.2) is 40.8 Å². The lowest BCUT2D eigenvalue weighted by Crippen LogP contribution is -2.44. The highest BCUT2D eigenvalue weighted by Crippen LogP contribution is 2.45. The van der Waals surface area contributed by atoms with E-state index < -0.39 is 5.41 Å². The van der Waals surface area contributed by atoms with E-state index in [0.29, 0.717) is 18.7 Å². The van der Waals surface area contributed by atoms with Gasteiger partial charge in [0.15, 0.2) is 0 Å². The highest BCUT2D eigenvalue weighted by molar-refractivity contribution is 6.09. The second kappa shape index (κ2) is 8.06. The molecule has 1 aliphatic heterocycles. The lowest BCUT2D eigenvalue weighted by molar-refractivity contribution is -0.135. The fraction of sp³-hybridized carbons (Fsp3) is 0.250. The summed E-state index contributed by atoms with van der Waals surface area (Å²) in [6.07, 6.45) is 5.42. The Bertz CT molecular complexity index is 1060. The van der Waals surface area contributed by atoms with Crippen molar-refractivity contribution < 1.29 is 9.59 Å². The van der Waals surface area contributed by atoms with Gasteiger partial charge in [-0.05, 0) is 23.6 Å². The van der Waals surface area contributed by atoms with Crippen LogP contribution >= 0.6 is 0 Å². The van der Waals surface area contributed by atoms with Gasteiger partial charge < -0.3 is 9.80 Å². The summed E-state index contributed by atoms with van der Waals surface area (Å²) >= 11 is 0. The van der Waals surface area contributed by atoms with Crippen molar-refractivity contribution in [2.24, 2.45) is 0 Å². The fourth-order valence-corrected chi connectivity index (χ4v) is 4.20. The van der Waals surface area contributed by atoms with Crippen LogP contribution in [0.25, 0.3) is 0 Å². The van der Waals surface area contributed by atoms with E-state index in [1.807, 2.05) is 54.6 Å². The Morgan fingerprint density at radius 2 is 1.80 bits per heavy atom. The van der Waals surface area contributed by atoms with Gasteiger partial charge in [-0.3, -0.25) is 19.6 Å².